The highest BCUT2D eigenvalue weighted by atomic mass is 35.5. The van der Waals surface area contributed by atoms with E-state index in [1.165, 1.54) is 17.9 Å². The standard InChI is InChI=1S/C14H19ClFNS2/c1-2-13-14(19-6-5-18-13)12(17)8-9-7-10(16)3-4-11(9)15/h3-4,7,12-14H,2,5-6,8,17H2,1H3. The maximum Gasteiger partial charge on any atom is 0.123 e. The Morgan fingerprint density at radius 1 is 1.42 bits per heavy atom. The summed E-state index contributed by atoms with van der Waals surface area (Å²) in [7, 11) is 0. The largest absolute Gasteiger partial charge is 0.326 e. The smallest absolute Gasteiger partial charge is 0.123 e. The number of hydrogen-bond acceptors (Lipinski definition) is 3. The number of halogens is 2. The molecule has 19 heavy (non-hydrogen) atoms. The van der Waals surface area contributed by atoms with Crippen LogP contribution in [-0.2, 0) is 6.42 Å². The Balaban J connectivity index is 2.06. The van der Waals surface area contributed by atoms with Crippen molar-refractivity contribution >= 4 is 35.1 Å². The van der Waals surface area contributed by atoms with Crippen LogP contribution in [0.1, 0.15) is 18.9 Å². The van der Waals surface area contributed by atoms with Crippen molar-refractivity contribution in [1.29, 1.82) is 0 Å². The lowest BCUT2D eigenvalue weighted by molar-refractivity contribution is 0.590. The summed E-state index contributed by atoms with van der Waals surface area (Å²) in [6.07, 6.45) is 1.78. The van der Waals surface area contributed by atoms with Crippen LogP contribution in [0.4, 0.5) is 4.39 Å². The summed E-state index contributed by atoms with van der Waals surface area (Å²) in [6.45, 7) is 2.21. The van der Waals surface area contributed by atoms with Crippen LogP contribution in [0.3, 0.4) is 0 Å². The molecule has 2 N–H and O–H groups in total. The third-order valence-electron chi connectivity index (χ3n) is 3.38. The molecule has 0 bridgehead atoms. The van der Waals surface area contributed by atoms with Gasteiger partial charge in [-0.2, -0.15) is 23.5 Å². The molecule has 1 fully saturated rings. The normalized spacial score (nSPS) is 25.3. The molecule has 1 aliphatic rings. The first-order valence-corrected chi connectivity index (χ1v) is 9.02. The second-order valence-corrected chi connectivity index (χ2v) is 7.80. The average Bonchev–Trinajstić information content (AvgIpc) is 2.42. The minimum atomic E-state index is -0.246. The lowest BCUT2D eigenvalue weighted by Crippen LogP contribution is -2.43. The number of thioether (sulfide) groups is 2. The second kappa shape index (κ2) is 7.21. The third kappa shape index (κ3) is 4.03. The fourth-order valence-corrected chi connectivity index (χ4v) is 5.79. The van der Waals surface area contributed by atoms with Gasteiger partial charge in [-0.3, -0.25) is 0 Å². The van der Waals surface area contributed by atoms with Crippen molar-refractivity contribution in [2.75, 3.05) is 11.5 Å². The van der Waals surface area contributed by atoms with E-state index in [1.54, 1.807) is 6.07 Å². The lowest BCUT2D eigenvalue weighted by atomic mass is 10.0. The summed E-state index contributed by atoms with van der Waals surface area (Å²) in [5, 5.41) is 1.64. The number of nitrogens with two attached hydrogens (primary N) is 1. The van der Waals surface area contributed by atoms with Crippen LogP contribution in [0, 0.1) is 5.82 Å². The molecule has 5 heteroatoms. The van der Waals surface area contributed by atoms with Crippen molar-refractivity contribution in [1.82, 2.24) is 0 Å². The highest BCUT2D eigenvalue weighted by molar-refractivity contribution is 8.07. The van der Waals surface area contributed by atoms with Gasteiger partial charge in [0, 0.05) is 33.1 Å². The van der Waals surface area contributed by atoms with Crippen molar-refractivity contribution in [3.63, 3.8) is 0 Å². The first-order valence-electron chi connectivity index (χ1n) is 6.54. The summed E-state index contributed by atoms with van der Waals surface area (Å²) in [4.78, 5) is 0. The van der Waals surface area contributed by atoms with E-state index in [0.717, 1.165) is 17.7 Å². The van der Waals surface area contributed by atoms with E-state index in [0.29, 0.717) is 21.9 Å². The maximum atomic E-state index is 13.3. The SMILES string of the molecule is CCC1SCCSC1C(N)Cc1cc(F)ccc1Cl. The van der Waals surface area contributed by atoms with Crippen LogP contribution in [0.25, 0.3) is 0 Å². The van der Waals surface area contributed by atoms with Gasteiger partial charge in [-0.15, -0.1) is 0 Å². The van der Waals surface area contributed by atoms with Gasteiger partial charge in [-0.25, -0.2) is 4.39 Å². The minimum Gasteiger partial charge on any atom is -0.326 e. The zero-order valence-electron chi connectivity index (χ0n) is 10.9. The van der Waals surface area contributed by atoms with Crippen molar-refractivity contribution < 1.29 is 4.39 Å². The van der Waals surface area contributed by atoms with Crippen LogP contribution < -0.4 is 5.73 Å². The van der Waals surface area contributed by atoms with Crippen molar-refractivity contribution in [3.8, 4) is 0 Å². The zero-order valence-corrected chi connectivity index (χ0v) is 13.3. The zero-order chi connectivity index (χ0) is 13.8. The van der Waals surface area contributed by atoms with Crippen LogP contribution in [-0.4, -0.2) is 28.0 Å². The van der Waals surface area contributed by atoms with Crippen LogP contribution in [0.2, 0.25) is 5.02 Å². The number of hydrogen-bond donors (Lipinski definition) is 1. The molecule has 0 aliphatic carbocycles. The van der Waals surface area contributed by atoms with Crippen molar-refractivity contribution in [2.45, 2.75) is 36.3 Å². The number of benzene rings is 1. The Hall–Kier alpha value is 0.1000. The topological polar surface area (TPSA) is 26.0 Å². The molecule has 0 aromatic heterocycles. The van der Waals surface area contributed by atoms with Gasteiger partial charge in [0.1, 0.15) is 5.82 Å². The molecule has 0 saturated carbocycles. The maximum absolute atomic E-state index is 13.3. The predicted octanol–water partition coefficient (Wildman–Crippen LogP) is 3.98. The molecule has 1 nitrogen and oxygen atoms in total. The van der Waals surface area contributed by atoms with Crippen molar-refractivity contribution in [3.05, 3.63) is 34.6 Å². The first kappa shape index (κ1) is 15.5. The van der Waals surface area contributed by atoms with E-state index >= 15 is 0 Å². The third-order valence-corrected chi connectivity index (χ3v) is 7.18. The fraction of sp³-hybridized carbons (Fsp3) is 0.571. The van der Waals surface area contributed by atoms with Gasteiger partial charge in [0.25, 0.3) is 0 Å². The quantitative estimate of drug-likeness (QED) is 0.909. The van der Waals surface area contributed by atoms with E-state index in [9.17, 15) is 4.39 Å². The highest BCUT2D eigenvalue weighted by Gasteiger charge is 2.30. The van der Waals surface area contributed by atoms with Gasteiger partial charge in [-0.1, -0.05) is 18.5 Å². The van der Waals surface area contributed by atoms with Crippen LogP contribution >= 0.6 is 35.1 Å². The molecule has 1 aliphatic heterocycles. The summed E-state index contributed by atoms with van der Waals surface area (Å²) in [6, 6.07) is 4.53. The summed E-state index contributed by atoms with van der Waals surface area (Å²) in [5.41, 5.74) is 7.17. The van der Waals surface area contributed by atoms with Gasteiger partial charge >= 0.3 is 0 Å². The Labute approximate surface area is 127 Å². The van der Waals surface area contributed by atoms with E-state index in [1.807, 2.05) is 23.5 Å². The summed E-state index contributed by atoms with van der Waals surface area (Å²) < 4.78 is 13.3. The highest BCUT2D eigenvalue weighted by Crippen LogP contribution is 2.35. The Kier molecular flexibility index (Phi) is 5.87. The average molecular weight is 320 g/mol. The van der Waals surface area contributed by atoms with E-state index < -0.39 is 0 Å². The van der Waals surface area contributed by atoms with Crippen LogP contribution in [0.15, 0.2) is 18.2 Å². The van der Waals surface area contributed by atoms with Gasteiger partial charge in [0.2, 0.25) is 0 Å². The molecule has 2 rings (SSSR count). The minimum absolute atomic E-state index is 0.0297. The molecular weight excluding hydrogens is 301 g/mol. The Bertz CT molecular complexity index is 430. The lowest BCUT2D eigenvalue weighted by Gasteiger charge is -2.34. The Morgan fingerprint density at radius 3 is 2.89 bits per heavy atom. The summed E-state index contributed by atoms with van der Waals surface area (Å²) in [5.74, 6) is 2.10. The molecule has 1 saturated heterocycles. The second-order valence-electron chi connectivity index (χ2n) is 4.76. The van der Waals surface area contributed by atoms with E-state index in [2.05, 4.69) is 6.92 Å². The monoisotopic (exact) mass is 319 g/mol. The van der Waals surface area contributed by atoms with E-state index in [4.69, 9.17) is 17.3 Å². The molecule has 1 aromatic rings. The molecule has 3 unspecified atom stereocenters. The molecule has 106 valence electrons. The first-order chi connectivity index (χ1) is 9.11. The van der Waals surface area contributed by atoms with Gasteiger partial charge < -0.3 is 5.73 Å². The van der Waals surface area contributed by atoms with Gasteiger partial charge in [0.15, 0.2) is 0 Å². The molecule has 0 amide bonds. The predicted molar refractivity (Wildman–Crippen MR) is 85.9 cm³/mol. The van der Waals surface area contributed by atoms with E-state index in [-0.39, 0.29) is 11.9 Å². The molecule has 3 atom stereocenters. The van der Waals surface area contributed by atoms with Gasteiger partial charge in [-0.05, 0) is 36.6 Å². The molecule has 0 spiro atoms. The Morgan fingerprint density at radius 2 is 2.16 bits per heavy atom. The summed E-state index contributed by atoms with van der Waals surface area (Å²) >= 11 is 10.1. The van der Waals surface area contributed by atoms with Crippen molar-refractivity contribution in [2.24, 2.45) is 5.73 Å². The molecule has 1 aromatic carbocycles. The number of rotatable bonds is 4. The molecule has 0 radical (unpaired) electrons. The van der Waals surface area contributed by atoms with Gasteiger partial charge in [0.05, 0.1) is 0 Å². The molecular formula is C14H19ClFNS2. The fourth-order valence-electron chi connectivity index (χ4n) is 2.41. The molecule has 1 heterocycles. The van der Waals surface area contributed by atoms with Crippen LogP contribution in [0.5, 0.6) is 0 Å².